The number of rotatable bonds is 13. The molecule has 0 saturated carbocycles. The zero-order chi connectivity index (χ0) is 56.3. The fourth-order valence-corrected chi connectivity index (χ4v) is 12.2. The van der Waals surface area contributed by atoms with Crippen LogP contribution in [0.15, 0.2) is 59.8 Å². The lowest BCUT2D eigenvalue weighted by Crippen LogP contribution is -2.41. The summed E-state index contributed by atoms with van der Waals surface area (Å²) in [6.45, 7) is 29.0. The van der Waals surface area contributed by atoms with Gasteiger partial charge >= 0.3 is 7.12 Å². The van der Waals surface area contributed by atoms with E-state index in [2.05, 4.69) is 55.5 Å². The highest BCUT2D eigenvalue weighted by atomic mass is 35.5. The molecule has 6 aromatic rings. The lowest BCUT2D eigenvalue weighted by Gasteiger charge is -2.32. The molecule has 22 heteroatoms. The lowest BCUT2D eigenvalue weighted by atomic mass is 9.79. The Hall–Kier alpha value is -5.55. The van der Waals surface area contributed by atoms with E-state index in [1.807, 2.05) is 105 Å². The summed E-state index contributed by atoms with van der Waals surface area (Å²) in [4.78, 5) is 67.3. The van der Waals surface area contributed by atoms with E-state index in [0.717, 1.165) is 77.2 Å². The molecule has 414 valence electrons. The van der Waals surface area contributed by atoms with Crippen molar-refractivity contribution in [3.8, 4) is 22.8 Å². The second kappa shape index (κ2) is 21.8. The van der Waals surface area contributed by atoms with E-state index in [4.69, 9.17) is 35.1 Å². The van der Waals surface area contributed by atoms with E-state index in [1.54, 1.807) is 40.2 Å². The second-order valence-corrected chi connectivity index (χ2v) is 31.8. The van der Waals surface area contributed by atoms with Crippen molar-refractivity contribution in [2.75, 3.05) is 36.6 Å². The number of hydrogen-bond donors (Lipinski definition) is 3. The number of amides is 4. The maximum atomic E-state index is 12.6. The SMILES string of the molecule is CC1(C)C(=O)N(COCC[Si](C)(C)C)c2cc(Cl)ncc21.C[C@@H](Oc1cc(-c2cc3c(cn2)C(C)(C)C(=O)N3)cc2ncsc12)[C@H]1CNC(=O)C1.C[C@@H](Oc1cc(B2OC(C)(C)C(C)(C)O2)cc2ncsc12)[C@H]1CNC(=O)C1. The number of fused-ring (bicyclic) bond motifs is 4. The summed E-state index contributed by atoms with van der Waals surface area (Å²) in [5.41, 5.74) is 9.29. The number of benzene rings is 2. The highest BCUT2D eigenvalue weighted by Gasteiger charge is 2.52. The van der Waals surface area contributed by atoms with Gasteiger partial charge in [0.05, 0.1) is 64.9 Å². The Bertz CT molecular complexity index is 3270. The summed E-state index contributed by atoms with van der Waals surface area (Å²) < 4.78 is 32.7. The summed E-state index contributed by atoms with van der Waals surface area (Å²) in [7, 11) is -1.58. The molecule has 5 aliphatic rings. The molecule has 0 unspecified atom stereocenters. The molecule has 0 aliphatic carbocycles. The summed E-state index contributed by atoms with van der Waals surface area (Å²) in [6.07, 6.45) is 4.25. The van der Waals surface area contributed by atoms with Crippen LogP contribution < -0.4 is 35.8 Å². The van der Waals surface area contributed by atoms with Crippen LogP contribution in [0.5, 0.6) is 11.5 Å². The van der Waals surface area contributed by atoms with Gasteiger partial charge in [-0.05, 0) is 117 Å². The quantitative estimate of drug-likeness (QED) is 0.0560. The molecule has 3 fully saturated rings. The highest BCUT2D eigenvalue weighted by Crippen LogP contribution is 2.44. The van der Waals surface area contributed by atoms with Crippen LogP contribution in [0.25, 0.3) is 31.7 Å². The van der Waals surface area contributed by atoms with Crippen LogP contribution in [-0.2, 0) is 44.1 Å². The molecule has 4 aromatic heterocycles. The number of thiazole rings is 2. The van der Waals surface area contributed by atoms with E-state index in [0.29, 0.717) is 37.7 Å². The zero-order valence-electron chi connectivity index (χ0n) is 46.7. The van der Waals surface area contributed by atoms with Crippen molar-refractivity contribution in [2.45, 2.75) is 142 Å². The molecule has 0 radical (unpaired) electrons. The number of anilines is 2. The monoisotopic (exact) mass is 1140 g/mol. The minimum atomic E-state index is -1.12. The van der Waals surface area contributed by atoms with Crippen molar-refractivity contribution in [3.05, 3.63) is 76.1 Å². The topological polar surface area (TPSA) is 205 Å². The van der Waals surface area contributed by atoms with Gasteiger partial charge in [-0.15, -0.1) is 22.7 Å². The molecule has 5 aliphatic heterocycles. The smallest absolute Gasteiger partial charge is 0.489 e. The van der Waals surface area contributed by atoms with E-state index >= 15 is 0 Å². The number of pyridine rings is 2. The van der Waals surface area contributed by atoms with Crippen LogP contribution in [0, 0.1) is 11.8 Å². The maximum Gasteiger partial charge on any atom is 0.495 e. The zero-order valence-corrected chi connectivity index (χ0v) is 50.1. The third-order valence-electron chi connectivity index (χ3n) is 15.8. The van der Waals surface area contributed by atoms with Crippen LogP contribution in [0.1, 0.15) is 93.2 Å². The van der Waals surface area contributed by atoms with Gasteiger partial charge in [0.1, 0.15) is 35.6 Å². The van der Waals surface area contributed by atoms with Crippen molar-refractivity contribution < 1.29 is 42.7 Å². The standard InChI is InChI=1S/C22H22N4O3S.C19H25BN2O4S.C15H23ClN2O2Si/c1-11(13-6-19(27)24-8-13)29-18-5-12(4-17-20(18)30-10-25-17)15-7-16-14(9-23-15)22(2,3)21(28)26-16;1-11(12-6-16(23)21-9-12)24-15-8-13(7-14-17(15)27-10-22-14)20-25-18(2,3)19(4,5)26-20;1-15(2)11-9-17-13(16)8-12(11)18(14(15)19)10-20-6-7-21(3,4)5/h4-5,7,9-11,13H,6,8H2,1-3H3,(H,24,27)(H,26,28);7-8,10-12H,6,9H2,1-5H3,(H,21,23);8-9H,6-7,10H2,1-5H3/t11-,13-;11-,12-;/m11./s1. The van der Waals surface area contributed by atoms with Gasteiger partial charge in [-0.1, -0.05) is 31.2 Å². The second-order valence-electron chi connectivity index (χ2n) is 24.1. The largest absolute Gasteiger partial charge is 0.495 e. The average Bonchev–Trinajstić information content (AvgIpc) is 4.33. The van der Waals surface area contributed by atoms with E-state index in [9.17, 15) is 19.2 Å². The Morgan fingerprint density at radius 2 is 1.31 bits per heavy atom. The molecule has 4 amide bonds. The average molecular weight is 1140 g/mol. The van der Waals surface area contributed by atoms with Gasteiger partial charge in [0.2, 0.25) is 23.6 Å². The van der Waals surface area contributed by atoms with Gasteiger partial charge in [0.25, 0.3) is 0 Å². The minimum absolute atomic E-state index is 0.0241. The summed E-state index contributed by atoms with van der Waals surface area (Å²) in [6, 6.07) is 12.7. The number of nitrogens with one attached hydrogen (secondary N) is 3. The van der Waals surface area contributed by atoms with Crippen molar-refractivity contribution in [2.24, 2.45) is 11.8 Å². The molecule has 17 nitrogen and oxygen atoms in total. The van der Waals surface area contributed by atoms with Gasteiger partial charge in [-0.2, -0.15) is 0 Å². The van der Waals surface area contributed by atoms with Crippen LogP contribution in [-0.4, -0.2) is 109 Å². The summed E-state index contributed by atoms with van der Waals surface area (Å²) in [5.74, 6) is 1.98. The first kappa shape index (κ1) is 57.1. The molecule has 9 heterocycles. The van der Waals surface area contributed by atoms with E-state index in [1.165, 1.54) is 11.3 Å². The Balaban J connectivity index is 0.000000145. The van der Waals surface area contributed by atoms with Gasteiger partial charge in [0.15, 0.2) is 0 Å². The predicted molar refractivity (Wildman–Crippen MR) is 311 cm³/mol. The first-order valence-corrected chi connectivity index (χ1v) is 32.3. The number of halogens is 1. The summed E-state index contributed by atoms with van der Waals surface area (Å²) in [5, 5.41) is 9.09. The molecule has 3 saturated heterocycles. The molecular weight excluding hydrogens is 1070 g/mol. The molecule has 2 aromatic carbocycles. The van der Waals surface area contributed by atoms with Gasteiger partial charge < -0.3 is 39.5 Å². The molecular formula is C56H70BClN8O9S2Si. The van der Waals surface area contributed by atoms with Gasteiger partial charge in [-0.25, -0.2) is 15.0 Å². The number of hydrogen-bond acceptors (Lipinski definition) is 15. The lowest BCUT2D eigenvalue weighted by molar-refractivity contribution is -0.123. The van der Waals surface area contributed by atoms with E-state index < -0.39 is 37.2 Å². The fourth-order valence-electron chi connectivity index (χ4n) is 9.81. The highest BCUT2D eigenvalue weighted by molar-refractivity contribution is 7.17. The van der Waals surface area contributed by atoms with Crippen molar-refractivity contribution in [1.29, 1.82) is 0 Å². The predicted octanol–water partition coefficient (Wildman–Crippen LogP) is 9.66. The normalized spacial score (nSPS) is 21.3. The van der Waals surface area contributed by atoms with E-state index in [-0.39, 0.29) is 54.4 Å². The number of carbonyl (C=O) groups is 4. The van der Waals surface area contributed by atoms with Gasteiger partial charge in [-0.3, -0.25) is 29.1 Å². The minimum Gasteiger partial charge on any atom is -0.489 e. The number of aromatic nitrogens is 4. The maximum absolute atomic E-state index is 12.6. The van der Waals surface area contributed by atoms with Crippen LogP contribution in [0.4, 0.5) is 11.4 Å². The number of ether oxygens (including phenoxy) is 3. The Morgan fingerprint density at radius 1 is 0.744 bits per heavy atom. The Morgan fingerprint density at radius 3 is 1.87 bits per heavy atom. The van der Waals surface area contributed by atoms with Crippen LogP contribution >= 0.6 is 34.3 Å². The number of carbonyl (C=O) groups excluding carboxylic acids is 4. The Kier molecular flexibility index (Phi) is 16.0. The van der Waals surface area contributed by atoms with Crippen molar-refractivity contribution >= 4 is 110 Å². The molecule has 78 heavy (non-hydrogen) atoms. The fraction of sp³-hybridized carbons (Fsp3) is 0.500. The molecule has 0 bridgehead atoms. The molecule has 3 N–H and O–H groups in total. The molecule has 4 atom stereocenters. The molecule has 0 spiro atoms. The third kappa shape index (κ3) is 11.8. The van der Waals surface area contributed by atoms with Crippen LogP contribution in [0.2, 0.25) is 30.8 Å². The van der Waals surface area contributed by atoms with Crippen LogP contribution in [0.3, 0.4) is 0 Å². The first-order valence-electron chi connectivity index (χ1n) is 26.5. The van der Waals surface area contributed by atoms with Gasteiger partial charge in [0, 0.05) is 87.2 Å². The molecule has 11 rings (SSSR count). The van der Waals surface area contributed by atoms with Crippen molar-refractivity contribution in [1.82, 2.24) is 30.6 Å². The third-order valence-corrected chi connectivity index (χ3v) is 19.4. The Labute approximate surface area is 470 Å². The summed E-state index contributed by atoms with van der Waals surface area (Å²) >= 11 is 9.04. The van der Waals surface area contributed by atoms with Crippen molar-refractivity contribution in [3.63, 3.8) is 0 Å². The number of nitrogens with zero attached hydrogens (tertiary/aromatic N) is 5. The first-order chi connectivity index (χ1) is 36.6.